The van der Waals surface area contributed by atoms with E-state index in [1.54, 1.807) is 20.8 Å². The van der Waals surface area contributed by atoms with E-state index in [0.717, 1.165) is 24.5 Å². The first-order valence-corrected chi connectivity index (χ1v) is 14.9. The number of anilines is 1. The lowest BCUT2D eigenvalue weighted by molar-refractivity contribution is 0.458. The van der Waals surface area contributed by atoms with E-state index in [2.05, 4.69) is 19.7 Å². The van der Waals surface area contributed by atoms with Crippen LogP contribution in [0.15, 0.2) is 68.6 Å². The summed E-state index contributed by atoms with van der Waals surface area (Å²) < 4.78 is 89.8. The van der Waals surface area contributed by atoms with Gasteiger partial charge < -0.3 is 5.11 Å². The molecular weight excluding hydrogens is 535 g/mol. The van der Waals surface area contributed by atoms with Crippen LogP contribution >= 0.6 is 0 Å². The van der Waals surface area contributed by atoms with Crippen molar-refractivity contribution in [2.75, 3.05) is 11.0 Å². The third-order valence-electron chi connectivity index (χ3n) is 4.49. The molecule has 0 radical (unpaired) electrons. The minimum atomic E-state index is -4.92. The van der Waals surface area contributed by atoms with Crippen molar-refractivity contribution >= 4 is 58.1 Å². The molecule has 0 spiro atoms. The number of sulfonamides is 2. The molecule has 0 saturated carbocycles. The van der Waals surface area contributed by atoms with E-state index in [1.807, 2.05) is 0 Å². The molecule has 0 heterocycles. The van der Waals surface area contributed by atoms with Crippen LogP contribution in [-0.4, -0.2) is 42.2 Å². The van der Waals surface area contributed by atoms with Crippen LogP contribution in [0.25, 0.3) is 10.8 Å². The van der Waals surface area contributed by atoms with Gasteiger partial charge in [0, 0.05) is 16.3 Å². The highest BCUT2D eigenvalue weighted by molar-refractivity contribution is 7.92. The number of hydrogen-bond donors (Lipinski definition) is 3. The molecule has 0 saturated heterocycles. The van der Waals surface area contributed by atoms with Crippen LogP contribution in [-0.2, 0) is 30.3 Å². The second-order valence-corrected chi connectivity index (χ2v) is 13.6. The fourth-order valence-electron chi connectivity index (χ4n) is 3.24. The van der Waals surface area contributed by atoms with Crippen molar-refractivity contribution in [1.29, 1.82) is 0 Å². The Hall–Kier alpha value is -3.14. The number of nitrogens with zero attached hydrogens (tertiary/aromatic N) is 2. The van der Waals surface area contributed by atoms with Crippen molar-refractivity contribution in [3.63, 3.8) is 0 Å². The first-order chi connectivity index (χ1) is 16.4. The van der Waals surface area contributed by atoms with Gasteiger partial charge in [-0.3, -0.25) is 4.72 Å². The quantitative estimate of drug-likeness (QED) is 0.290. The van der Waals surface area contributed by atoms with E-state index in [4.69, 9.17) is 0 Å². The average molecular weight is 559 g/mol. The highest BCUT2D eigenvalue weighted by atomic mass is 32.3. The highest BCUT2D eigenvalue weighted by Crippen LogP contribution is 2.43. The Morgan fingerprint density at radius 1 is 0.917 bits per heavy atom. The molecule has 0 atom stereocenters. The fourth-order valence-corrected chi connectivity index (χ4v) is 5.81. The number of phenols is 1. The van der Waals surface area contributed by atoms with E-state index >= 15 is 0 Å². The number of aromatic hydroxyl groups is 1. The van der Waals surface area contributed by atoms with Crippen LogP contribution in [0.1, 0.15) is 20.8 Å². The molecule has 3 rings (SSSR count). The maximum atomic E-state index is 13.1. The average Bonchev–Trinajstić information content (AvgIpc) is 2.70. The van der Waals surface area contributed by atoms with Crippen molar-refractivity contribution in [3.8, 4) is 5.75 Å². The fraction of sp³-hybridized carbons (Fsp3) is 0.238. The number of azo groups is 1. The van der Waals surface area contributed by atoms with Gasteiger partial charge >= 0.3 is 10.2 Å². The number of hydrogen-bond acceptors (Lipinski definition) is 9. The van der Waals surface area contributed by atoms with Gasteiger partial charge in [-0.25, -0.2) is 21.6 Å². The summed E-state index contributed by atoms with van der Waals surface area (Å²) in [5.41, 5.74) is -0.911. The normalized spacial score (nSPS) is 13.4. The van der Waals surface area contributed by atoms with Gasteiger partial charge in [-0.1, -0.05) is 12.1 Å². The maximum absolute atomic E-state index is 13.1. The van der Waals surface area contributed by atoms with E-state index < -0.39 is 51.3 Å². The lowest BCUT2D eigenvalue weighted by Crippen LogP contribution is -2.40. The second kappa shape index (κ2) is 9.38. The van der Waals surface area contributed by atoms with Crippen LogP contribution in [0.3, 0.4) is 0 Å². The van der Waals surface area contributed by atoms with E-state index in [1.165, 1.54) is 30.3 Å². The molecule has 0 aliphatic carbocycles. The van der Waals surface area contributed by atoms with Crippen LogP contribution in [0.2, 0.25) is 0 Å². The van der Waals surface area contributed by atoms with Crippen molar-refractivity contribution < 1.29 is 34.2 Å². The third kappa shape index (κ3) is 6.54. The topological polar surface area (TPSA) is 171 Å². The monoisotopic (exact) mass is 558 g/mol. The van der Waals surface area contributed by atoms with Crippen LogP contribution in [0.5, 0.6) is 5.75 Å². The lowest BCUT2D eigenvalue weighted by atomic mass is 10.1. The van der Waals surface area contributed by atoms with Gasteiger partial charge in [0.15, 0.2) is 0 Å². The van der Waals surface area contributed by atoms with Gasteiger partial charge in [-0.2, -0.15) is 13.5 Å². The van der Waals surface area contributed by atoms with Crippen molar-refractivity contribution in [2.24, 2.45) is 10.2 Å². The van der Waals surface area contributed by atoms with Gasteiger partial charge in [-0.05, 0) is 57.2 Å². The molecule has 11 nitrogen and oxygen atoms in total. The van der Waals surface area contributed by atoms with Gasteiger partial charge in [0.25, 0.3) is 0 Å². The first kappa shape index (κ1) is 27.4. The molecule has 0 bridgehead atoms. The molecule has 0 aliphatic heterocycles. The highest BCUT2D eigenvalue weighted by Gasteiger charge is 2.28. The molecule has 194 valence electrons. The Labute approximate surface area is 208 Å². The molecule has 0 amide bonds. The number of rotatable bonds is 7. The minimum absolute atomic E-state index is 0.00542. The zero-order valence-electron chi connectivity index (χ0n) is 19.5. The maximum Gasteiger partial charge on any atom is 0.332 e. The summed E-state index contributed by atoms with van der Waals surface area (Å²) in [6, 6.07) is 9.51. The standard InChI is InChI=1S/C21H23FN4O7S3/c1-21(2,3)26-36(32,33)18-12-17(24-23-13-8-10-14(11-9-13)35(22,30)31)19-15(20(18)27)6-5-7-16(19)25-34(4,28)29/h5-12,25-27H,1-4H3. The second-order valence-electron chi connectivity index (χ2n) is 8.83. The summed E-state index contributed by atoms with van der Waals surface area (Å²) in [6.45, 7) is 4.83. The zero-order chi connectivity index (χ0) is 27.1. The smallest absolute Gasteiger partial charge is 0.332 e. The molecule has 0 aromatic heterocycles. The predicted octanol–water partition coefficient (Wildman–Crippen LogP) is 4.07. The number of phenolic OH excluding ortho intramolecular Hbond substituents is 1. The van der Waals surface area contributed by atoms with Crippen molar-refractivity contribution in [2.45, 2.75) is 36.1 Å². The van der Waals surface area contributed by atoms with E-state index in [0.29, 0.717) is 0 Å². The summed E-state index contributed by atoms with van der Waals surface area (Å²) in [5, 5.41) is 18.9. The Bertz CT molecular complexity index is 1680. The molecule has 3 aromatic rings. The van der Waals surface area contributed by atoms with Gasteiger partial charge in [0.05, 0.1) is 28.2 Å². The Morgan fingerprint density at radius 2 is 1.53 bits per heavy atom. The molecule has 3 N–H and O–H groups in total. The molecule has 0 aliphatic rings. The Balaban J connectivity index is 2.28. The number of fused-ring (bicyclic) bond motifs is 1. The van der Waals surface area contributed by atoms with Crippen LogP contribution < -0.4 is 9.44 Å². The molecule has 15 heteroatoms. The Morgan fingerprint density at radius 3 is 2.06 bits per heavy atom. The van der Waals surface area contributed by atoms with E-state index in [-0.39, 0.29) is 27.8 Å². The SMILES string of the molecule is CC(C)(C)NS(=O)(=O)c1cc(N=Nc2ccc(S(=O)(=O)F)cc2)c2c(NS(C)(=O)=O)cccc2c1O. The van der Waals surface area contributed by atoms with Crippen LogP contribution in [0.4, 0.5) is 20.9 Å². The summed E-state index contributed by atoms with van der Waals surface area (Å²) in [7, 11) is -13.0. The third-order valence-corrected chi connectivity index (χ3v) is 7.69. The van der Waals surface area contributed by atoms with Gasteiger partial charge in [0.1, 0.15) is 10.6 Å². The predicted molar refractivity (Wildman–Crippen MR) is 133 cm³/mol. The number of benzene rings is 3. The summed E-state index contributed by atoms with van der Waals surface area (Å²) >= 11 is 0. The molecule has 3 aromatic carbocycles. The summed E-state index contributed by atoms with van der Waals surface area (Å²) in [5.74, 6) is -0.629. The van der Waals surface area contributed by atoms with Crippen molar-refractivity contribution in [1.82, 2.24) is 4.72 Å². The number of nitrogens with one attached hydrogen (secondary N) is 2. The van der Waals surface area contributed by atoms with Gasteiger partial charge in [-0.15, -0.1) is 9.00 Å². The number of halogens is 1. The first-order valence-electron chi connectivity index (χ1n) is 10.1. The van der Waals surface area contributed by atoms with Crippen molar-refractivity contribution in [3.05, 3.63) is 48.5 Å². The summed E-state index contributed by atoms with van der Waals surface area (Å²) in [4.78, 5) is -1.10. The zero-order valence-corrected chi connectivity index (χ0v) is 22.0. The molecular formula is C21H23FN4O7S3. The largest absolute Gasteiger partial charge is 0.506 e. The molecule has 0 unspecified atom stereocenters. The van der Waals surface area contributed by atoms with Crippen LogP contribution in [0, 0.1) is 0 Å². The minimum Gasteiger partial charge on any atom is -0.506 e. The van der Waals surface area contributed by atoms with Gasteiger partial charge in [0.2, 0.25) is 20.0 Å². The summed E-state index contributed by atoms with van der Waals surface area (Å²) in [6.07, 6.45) is 0.916. The molecule has 0 fully saturated rings. The van der Waals surface area contributed by atoms with E-state index in [9.17, 15) is 34.2 Å². The lowest BCUT2D eigenvalue weighted by Gasteiger charge is -2.21. The molecule has 36 heavy (non-hydrogen) atoms. The Kier molecular flexibility index (Phi) is 7.16.